The number of rotatable bonds is 4. The first-order chi connectivity index (χ1) is 10.6. The highest BCUT2D eigenvalue weighted by atomic mass is 32.2. The molecule has 0 N–H and O–H groups in total. The van der Waals surface area contributed by atoms with Crippen LogP contribution in [0, 0.1) is 0 Å². The topological polar surface area (TPSA) is 59.5 Å². The molecule has 0 amide bonds. The van der Waals surface area contributed by atoms with Crippen LogP contribution in [0.2, 0.25) is 0 Å². The third kappa shape index (κ3) is 2.65. The SMILES string of the molecule is C=CC(N1CCOCC1)S(=O)(=O)c1cccc2cnccc12. The van der Waals surface area contributed by atoms with Crippen LogP contribution in [-0.4, -0.2) is 50.0 Å². The zero-order valence-corrected chi connectivity index (χ0v) is 13.0. The van der Waals surface area contributed by atoms with Gasteiger partial charge < -0.3 is 4.74 Å². The van der Waals surface area contributed by atoms with E-state index in [2.05, 4.69) is 11.6 Å². The number of benzene rings is 1. The molecule has 1 aliphatic rings. The van der Waals surface area contributed by atoms with Gasteiger partial charge in [-0.05, 0) is 12.1 Å². The molecule has 1 aromatic carbocycles. The monoisotopic (exact) mass is 318 g/mol. The maximum atomic E-state index is 13.1. The highest BCUT2D eigenvalue weighted by Crippen LogP contribution is 2.27. The third-order valence-corrected chi connectivity index (χ3v) is 5.97. The first kappa shape index (κ1) is 15.1. The number of ether oxygens (including phenoxy) is 1. The summed E-state index contributed by atoms with van der Waals surface area (Å²) >= 11 is 0. The van der Waals surface area contributed by atoms with Crippen molar-refractivity contribution in [3.63, 3.8) is 0 Å². The average Bonchev–Trinajstić information content (AvgIpc) is 2.55. The summed E-state index contributed by atoms with van der Waals surface area (Å²) in [5, 5.41) is 0.765. The predicted octanol–water partition coefficient (Wildman–Crippen LogP) is 1.85. The van der Waals surface area contributed by atoms with Crippen molar-refractivity contribution in [2.24, 2.45) is 0 Å². The molecule has 1 atom stereocenters. The van der Waals surface area contributed by atoms with Crippen molar-refractivity contribution in [2.45, 2.75) is 10.3 Å². The highest BCUT2D eigenvalue weighted by Gasteiger charge is 2.32. The zero-order valence-electron chi connectivity index (χ0n) is 12.2. The molecule has 0 aliphatic carbocycles. The molecule has 0 bridgehead atoms. The number of nitrogens with zero attached hydrogens (tertiary/aromatic N) is 2. The summed E-state index contributed by atoms with van der Waals surface area (Å²) in [6, 6.07) is 6.99. The number of aromatic nitrogens is 1. The van der Waals surface area contributed by atoms with E-state index in [9.17, 15) is 8.42 Å². The molecule has 0 spiro atoms. The van der Waals surface area contributed by atoms with Crippen molar-refractivity contribution in [1.29, 1.82) is 0 Å². The summed E-state index contributed by atoms with van der Waals surface area (Å²) in [5.41, 5.74) is 0. The fraction of sp³-hybridized carbons (Fsp3) is 0.312. The van der Waals surface area contributed by atoms with Gasteiger partial charge in [-0.25, -0.2) is 8.42 Å². The number of fused-ring (bicyclic) bond motifs is 1. The second-order valence-corrected chi connectivity index (χ2v) is 7.19. The second kappa shape index (κ2) is 6.16. The lowest BCUT2D eigenvalue weighted by Crippen LogP contribution is -2.46. The second-order valence-electron chi connectivity index (χ2n) is 5.17. The largest absolute Gasteiger partial charge is 0.379 e. The van der Waals surface area contributed by atoms with Crippen LogP contribution in [0.4, 0.5) is 0 Å². The summed E-state index contributed by atoms with van der Waals surface area (Å²) in [6.07, 6.45) is 4.78. The van der Waals surface area contributed by atoms with Crippen molar-refractivity contribution >= 4 is 20.6 Å². The van der Waals surface area contributed by atoms with Crippen LogP contribution < -0.4 is 0 Å². The summed E-state index contributed by atoms with van der Waals surface area (Å²) < 4.78 is 31.5. The Balaban J connectivity index is 2.08. The van der Waals surface area contributed by atoms with Gasteiger partial charge in [0.25, 0.3) is 0 Å². The van der Waals surface area contributed by atoms with Gasteiger partial charge in [-0.3, -0.25) is 9.88 Å². The maximum absolute atomic E-state index is 13.1. The molecule has 1 saturated heterocycles. The Morgan fingerprint density at radius 3 is 2.77 bits per heavy atom. The van der Waals surface area contributed by atoms with Crippen LogP contribution in [0.1, 0.15) is 0 Å². The molecular formula is C16H18N2O3S. The van der Waals surface area contributed by atoms with E-state index in [0.717, 1.165) is 5.39 Å². The van der Waals surface area contributed by atoms with Crippen molar-refractivity contribution in [1.82, 2.24) is 9.88 Å². The molecule has 2 aromatic rings. The van der Waals surface area contributed by atoms with Crippen molar-refractivity contribution in [3.05, 3.63) is 49.3 Å². The Morgan fingerprint density at radius 2 is 2.05 bits per heavy atom. The maximum Gasteiger partial charge on any atom is 0.198 e. The molecule has 0 saturated carbocycles. The number of hydrogen-bond donors (Lipinski definition) is 0. The van der Waals surface area contributed by atoms with Crippen LogP contribution in [0.3, 0.4) is 0 Å². The van der Waals surface area contributed by atoms with Gasteiger partial charge in [0.2, 0.25) is 0 Å². The smallest absolute Gasteiger partial charge is 0.198 e. The summed E-state index contributed by atoms with van der Waals surface area (Å²) in [5.74, 6) is 0. The number of hydrogen-bond acceptors (Lipinski definition) is 5. The Morgan fingerprint density at radius 1 is 1.27 bits per heavy atom. The fourth-order valence-electron chi connectivity index (χ4n) is 2.77. The molecule has 5 nitrogen and oxygen atoms in total. The number of sulfone groups is 1. The van der Waals surface area contributed by atoms with Gasteiger partial charge in [-0.2, -0.15) is 0 Å². The van der Waals surface area contributed by atoms with Crippen molar-refractivity contribution < 1.29 is 13.2 Å². The highest BCUT2D eigenvalue weighted by molar-refractivity contribution is 7.92. The Hall–Kier alpha value is -1.76. The van der Waals surface area contributed by atoms with E-state index in [1.807, 2.05) is 11.0 Å². The van der Waals surface area contributed by atoms with Gasteiger partial charge in [-0.1, -0.05) is 18.2 Å². The Kier molecular flexibility index (Phi) is 4.24. The van der Waals surface area contributed by atoms with Crippen LogP contribution in [0.5, 0.6) is 0 Å². The Bertz CT molecular complexity index is 778. The van der Waals surface area contributed by atoms with E-state index in [-0.39, 0.29) is 0 Å². The van der Waals surface area contributed by atoms with E-state index < -0.39 is 15.2 Å². The molecule has 2 heterocycles. The number of pyridine rings is 1. The standard InChI is InChI=1S/C16H18N2O3S/c1-2-16(18-8-10-21-11-9-18)22(19,20)15-5-3-4-13-12-17-7-6-14(13)15/h2-7,12,16H,1,8-11H2. The summed E-state index contributed by atoms with van der Waals surface area (Å²) in [4.78, 5) is 6.27. The van der Waals surface area contributed by atoms with E-state index in [4.69, 9.17) is 4.74 Å². The first-order valence-corrected chi connectivity index (χ1v) is 8.70. The molecule has 3 rings (SSSR count). The van der Waals surface area contributed by atoms with Crippen LogP contribution >= 0.6 is 0 Å². The van der Waals surface area contributed by atoms with Gasteiger partial charge in [0, 0.05) is 36.3 Å². The molecule has 1 fully saturated rings. The normalized spacial score (nSPS) is 18.2. The zero-order chi connectivity index (χ0) is 15.6. The van der Waals surface area contributed by atoms with Crippen LogP contribution in [0.15, 0.2) is 54.2 Å². The predicted molar refractivity (Wildman–Crippen MR) is 85.3 cm³/mol. The molecule has 1 unspecified atom stereocenters. The van der Waals surface area contributed by atoms with Gasteiger partial charge in [-0.15, -0.1) is 6.58 Å². The first-order valence-electron chi connectivity index (χ1n) is 7.15. The minimum absolute atomic E-state index is 0.323. The van der Waals surface area contributed by atoms with E-state index >= 15 is 0 Å². The molecule has 1 aliphatic heterocycles. The number of morpholine rings is 1. The average molecular weight is 318 g/mol. The molecule has 0 radical (unpaired) electrons. The Labute approximate surface area is 130 Å². The molecule has 22 heavy (non-hydrogen) atoms. The van der Waals surface area contributed by atoms with Gasteiger partial charge in [0.1, 0.15) is 5.37 Å². The minimum atomic E-state index is -3.55. The molecular weight excluding hydrogens is 300 g/mol. The fourth-order valence-corrected chi connectivity index (χ4v) is 4.65. The van der Waals surface area contributed by atoms with Gasteiger partial charge in [0.05, 0.1) is 18.1 Å². The lowest BCUT2D eigenvalue weighted by Gasteiger charge is -2.32. The molecule has 6 heteroatoms. The van der Waals surface area contributed by atoms with E-state index in [1.54, 1.807) is 30.6 Å². The summed E-state index contributed by atoms with van der Waals surface area (Å²) in [7, 11) is -3.55. The van der Waals surface area contributed by atoms with Gasteiger partial charge >= 0.3 is 0 Å². The van der Waals surface area contributed by atoms with Crippen molar-refractivity contribution in [3.8, 4) is 0 Å². The quantitative estimate of drug-likeness (QED) is 0.805. The van der Waals surface area contributed by atoms with Crippen LogP contribution in [-0.2, 0) is 14.6 Å². The minimum Gasteiger partial charge on any atom is -0.379 e. The lowest BCUT2D eigenvalue weighted by molar-refractivity contribution is 0.0374. The third-order valence-electron chi connectivity index (χ3n) is 3.87. The summed E-state index contributed by atoms with van der Waals surface area (Å²) in [6.45, 7) is 5.99. The lowest BCUT2D eigenvalue weighted by atomic mass is 10.2. The molecule has 116 valence electrons. The van der Waals surface area contributed by atoms with E-state index in [1.165, 1.54) is 6.08 Å². The van der Waals surface area contributed by atoms with Crippen LogP contribution in [0.25, 0.3) is 10.8 Å². The molecule has 1 aromatic heterocycles. The van der Waals surface area contributed by atoms with Gasteiger partial charge in [0.15, 0.2) is 9.84 Å². The van der Waals surface area contributed by atoms with Crippen molar-refractivity contribution in [2.75, 3.05) is 26.3 Å². The van der Waals surface area contributed by atoms with E-state index in [0.29, 0.717) is 36.6 Å².